The van der Waals surface area contributed by atoms with E-state index in [1.54, 1.807) is 11.3 Å². The van der Waals surface area contributed by atoms with Gasteiger partial charge in [0.05, 0.1) is 22.0 Å². The number of aryl methyl sites for hydroxylation is 3. The minimum absolute atomic E-state index is 0.452. The van der Waals surface area contributed by atoms with Crippen LogP contribution in [0.25, 0.3) is 0 Å². The molecule has 0 saturated heterocycles. The summed E-state index contributed by atoms with van der Waals surface area (Å²) in [5.41, 5.74) is 3.35. The monoisotopic (exact) mass is 342 g/mol. The van der Waals surface area contributed by atoms with Gasteiger partial charge in [-0.05, 0) is 45.8 Å². The average molecular weight is 343 g/mol. The topological polar surface area (TPSA) is 38.1 Å². The summed E-state index contributed by atoms with van der Waals surface area (Å²) in [5, 5.41) is 17.0. The first kappa shape index (κ1) is 14.8. The van der Waals surface area contributed by atoms with Gasteiger partial charge in [0.25, 0.3) is 0 Å². The van der Waals surface area contributed by atoms with Gasteiger partial charge in [0.15, 0.2) is 0 Å². The van der Waals surface area contributed by atoms with Crippen LogP contribution < -0.4 is 0 Å². The Balaban J connectivity index is 2.24. The summed E-state index contributed by atoms with van der Waals surface area (Å²) >= 11 is 5.23. The first-order valence-electron chi connectivity index (χ1n) is 6.53. The SMILES string of the molecule is CCc1ccsc1C(O)Cc1c(Br)c(CC)nn1C. The molecule has 2 heterocycles. The molecular weight excluding hydrogens is 324 g/mol. The number of hydrogen-bond donors (Lipinski definition) is 1. The maximum Gasteiger partial charge on any atom is 0.0940 e. The van der Waals surface area contributed by atoms with Crippen molar-refractivity contribution in [2.45, 2.75) is 39.2 Å². The number of rotatable bonds is 5. The molecule has 0 aliphatic heterocycles. The van der Waals surface area contributed by atoms with E-state index >= 15 is 0 Å². The van der Waals surface area contributed by atoms with Crippen LogP contribution >= 0.6 is 27.3 Å². The van der Waals surface area contributed by atoms with Gasteiger partial charge in [-0.15, -0.1) is 11.3 Å². The molecule has 5 heteroatoms. The largest absolute Gasteiger partial charge is 0.387 e. The highest BCUT2D eigenvalue weighted by Gasteiger charge is 2.19. The number of aliphatic hydroxyl groups is 1. The summed E-state index contributed by atoms with van der Waals surface area (Å²) in [7, 11) is 1.93. The fourth-order valence-corrected chi connectivity index (χ4v) is 4.01. The molecule has 0 bridgehead atoms. The molecule has 0 fully saturated rings. The molecular formula is C14H19BrN2OS. The van der Waals surface area contributed by atoms with Gasteiger partial charge >= 0.3 is 0 Å². The molecule has 1 N–H and O–H groups in total. The van der Waals surface area contributed by atoms with Crippen LogP contribution in [-0.4, -0.2) is 14.9 Å². The van der Waals surface area contributed by atoms with E-state index in [2.05, 4.69) is 40.9 Å². The molecule has 1 unspecified atom stereocenters. The third-order valence-corrected chi connectivity index (χ3v) is 5.33. The molecule has 3 nitrogen and oxygen atoms in total. The third kappa shape index (κ3) is 2.93. The molecule has 0 aromatic carbocycles. The predicted molar refractivity (Wildman–Crippen MR) is 82.6 cm³/mol. The van der Waals surface area contributed by atoms with Crippen molar-refractivity contribution in [1.29, 1.82) is 0 Å². The van der Waals surface area contributed by atoms with Crippen LogP contribution in [0.2, 0.25) is 0 Å². The number of nitrogens with zero attached hydrogens (tertiary/aromatic N) is 2. The highest BCUT2D eigenvalue weighted by Crippen LogP contribution is 2.30. The summed E-state index contributed by atoms with van der Waals surface area (Å²) in [6, 6.07) is 2.10. The van der Waals surface area contributed by atoms with Gasteiger partial charge in [-0.3, -0.25) is 4.68 Å². The van der Waals surface area contributed by atoms with Crippen molar-refractivity contribution in [3.8, 4) is 0 Å². The number of halogens is 1. The van der Waals surface area contributed by atoms with Crippen LogP contribution in [0.4, 0.5) is 0 Å². The lowest BCUT2D eigenvalue weighted by molar-refractivity contribution is 0.178. The lowest BCUT2D eigenvalue weighted by Crippen LogP contribution is -2.07. The Hall–Kier alpha value is -0.650. The zero-order valence-electron chi connectivity index (χ0n) is 11.5. The molecule has 0 spiro atoms. The zero-order chi connectivity index (χ0) is 14.0. The number of aromatic nitrogens is 2. The molecule has 2 aromatic heterocycles. The first-order valence-corrected chi connectivity index (χ1v) is 8.20. The standard InChI is InChI=1S/C14H19BrN2OS/c1-4-9-6-7-19-14(9)12(18)8-11-13(15)10(5-2)16-17(11)3/h6-7,12,18H,4-5,8H2,1-3H3. The van der Waals surface area contributed by atoms with E-state index < -0.39 is 6.10 Å². The first-order chi connectivity index (χ1) is 9.08. The van der Waals surface area contributed by atoms with E-state index in [4.69, 9.17) is 0 Å². The Bertz CT molecular complexity index is 562. The summed E-state index contributed by atoms with van der Waals surface area (Å²) in [5.74, 6) is 0. The average Bonchev–Trinajstić information content (AvgIpc) is 2.97. The van der Waals surface area contributed by atoms with Gasteiger partial charge in [0.1, 0.15) is 0 Å². The Morgan fingerprint density at radius 2 is 2.16 bits per heavy atom. The smallest absolute Gasteiger partial charge is 0.0940 e. The van der Waals surface area contributed by atoms with Crippen molar-refractivity contribution >= 4 is 27.3 Å². The minimum atomic E-state index is -0.452. The zero-order valence-corrected chi connectivity index (χ0v) is 13.9. The van der Waals surface area contributed by atoms with Gasteiger partial charge < -0.3 is 5.11 Å². The molecule has 19 heavy (non-hydrogen) atoms. The summed E-state index contributed by atoms with van der Waals surface area (Å²) < 4.78 is 2.90. The van der Waals surface area contributed by atoms with E-state index in [-0.39, 0.29) is 0 Å². The molecule has 0 saturated carbocycles. The number of aliphatic hydroxyl groups excluding tert-OH is 1. The van der Waals surface area contributed by atoms with Gasteiger partial charge in [0, 0.05) is 18.3 Å². The molecule has 0 aliphatic rings. The second-order valence-corrected chi connectivity index (χ2v) is 6.31. The molecule has 0 aliphatic carbocycles. The quantitative estimate of drug-likeness (QED) is 0.900. The Labute approximate surface area is 126 Å². The molecule has 2 aromatic rings. The summed E-state index contributed by atoms with van der Waals surface area (Å²) in [4.78, 5) is 1.08. The van der Waals surface area contributed by atoms with Crippen LogP contribution in [-0.2, 0) is 26.3 Å². The lowest BCUT2D eigenvalue weighted by Gasteiger charge is -2.11. The second kappa shape index (κ2) is 6.20. The van der Waals surface area contributed by atoms with Crippen molar-refractivity contribution in [2.75, 3.05) is 0 Å². The normalized spacial score (nSPS) is 12.9. The lowest BCUT2D eigenvalue weighted by atomic mass is 10.1. The molecule has 0 radical (unpaired) electrons. The molecule has 2 rings (SSSR count). The van der Waals surface area contributed by atoms with Crippen molar-refractivity contribution in [3.05, 3.63) is 37.7 Å². The Kier molecular flexibility index (Phi) is 4.81. The van der Waals surface area contributed by atoms with Gasteiger partial charge in [-0.25, -0.2) is 0 Å². The number of thiophene rings is 1. The maximum absolute atomic E-state index is 10.5. The Morgan fingerprint density at radius 1 is 1.42 bits per heavy atom. The van der Waals surface area contributed by atoms with E-state index in [9.17, 15) is 5.11 Å². The predicted octanol–water partition coefficient (Wildman–Crippen LogP) is 3.65. The van der Waals surface area contributed by atoms with Crippen LogP contribution in [0.5, 0.6) is 0 Å². The summed E-state index contributed by atoms with van der Waals surface area (Å²) in [6.07, 6.45) is 2.00. The molecule has 1 atom stereocenters. The van der Waals surface area contributed by atoms with Crippen LogP contribution in [0.15, 0.2) is 15.9 Å². The van der Waals surface area contributed by atoms with Gasteiger partial charge in [-0.1, -0.05) is 13.8 Å². The minimum Gasteiger partial charge on any atom is -0.387 e. The van der Waals surface area contributed by atoms with Crippen molar-refractivity contribution in [2.24, 2.45) is 7.05 Å². The Morgan fingerprint density at radius 3 is 2.74 bits per heavy atom. The van der Waals surface area contributed by atoms with Gasteiger partial charge in [-0.2, -0.15) is 5.10 Å². The fourth-order valence-electron chi connectivity index (χ4n) is 2.25. The van der Waals surface area contributed by atoms with Crippen molar-refractivity contribution < 1.29 is 5.11 Å². The van der Waals surface area contributed by atoms with E-state index in [1.807, 2.05) is 17.1 Å². The van der Waals surface area contributed by atoms with E-state index in [0.29, 0.717) is 6.42 Å². The summed E-state index contributed by atoms with van der Waals surface area (Å²) in [6.45, 7) is 4.20. The third-order valence-electron chi connectivity index (χ3n) is 3.35. The van der Waals surface area contributed by atoms with Gasteiger partial charge in [0.2, 0.25) is 0 Å². The van der Waals surface area contributed by atoms with E-state index in [0.717, 1.165) is 33.6 Å². The highest BCUT2D eigenvalue weighted by molar-refractivity contribution is 9.10. The maximum atomic E-state index is 10.5. The van der Waals surface area contributed by atoms with Crippen molar-refractivity contribution in [1.82, 2.24) is 9.78 Å². The highest BCUT2D eigenvalue weighted by atomic mass is 79.9. The van der Waals surface area contributed by atoms with Crippen molar-refractivity contribution in [3.63, 3.8) is 0 Å². The van der Waals surface area contributed by atoms with Crippen LogP contribution in [0.3, 0.4) is 0 Å². The fraction of sp³-hybridized carbons (Fsp3) is 0.500. The number of hydrogen-bond acceptors (Lipinski definition) is 3. The molecule has 104 valence electrons. The van der Waals surface area contributed by atoms with E-state index in [1.165, 1.54) is 5.56 Å². The van der Waals surface area contributed by atoms with Crippen LogP contribution in [0.1, 0.15) is 41.8 Å². The van der Waals surface area contributed by atoms with Crippen LogP contribution in [0, 0.1) is 0 Å². The second-order valence-electron chi connectivity index (χ2n) is 4.57. The molecule has 0 amide bonds.